The van der Waals surface area contributed by atoms with E-state index in [0.29, 0.717) is 19.3 Å². The van der Waals surface area contributed by atoms with Crippen LogP contribution in [0.1, 0.15) is 291 Å². The number of esters is 3. The van der Waals surface area contributed by atoms with Crippen LogP contribution in [-0.4, -0.2) is 37.2 Å². The predicted octanol–water partition coefficient (Wildman–Crippen LogP) is 16.9. The van der Waals surface area contributed by atoms with Crippen molar-refractivity contribution in [3.8, 4) is 0 Å². The third kappa shape index (κ3) is 45.8. The quantitative estimate of drug-likeness (QED) is 0.0345. The van der Waals surface area contributed by atoms with Crippen molar-refractivity contribution >= 4 is 17.9 Å². The van der Waals surface area contributed by atoms with Gasteiger partial charge in [-0.3, -0.25) is 14.4 Å². The van der Waals surface area contributed by atoms with Gasteiger partial charge in [-0.2, -0.15) is 0 Å². The average Bonchev–Trinajstić information content (AvgIpc) is 3.22. The summed E-state index contributed by atoms with van der Waals surface area (Å²) in [5, 5.41) is 0. The maximum Gasteiger partial charge on any atom is 0.306 e. The summed E-state index contributed by atoms with van der Waals surface area (Å²) in [4.78, 5) is 37.9. The average molecular weight is 835 g/mol. The van der Waals surface area contributed by atoms with E-state index < -0.39 is 6.10 Å². The molecule has 0 saturated heterocycles. The van der Waals surface area contributed by atoms with Crippen molar-refractivity contribution in [1.82, 2.24) is 0 Å². The van der Waals surface area contributed by atoms with Crippen LogP contribution in [-0.2, 0) is 28.6 Å². The third-order valence-corrected chi connectivity index (χ3v) is 12.3. The molecule has 59 heavy (non-hydrogen) atoms. The summed E-state index contributed by atoms with van der Waals surface area (Å²) in [6.45, 7) is 11.3. The Morgan fingerprint density at radius 3 is 0.966 bits per heavy atom. The van der Waals surface area contributed by atoms with Crippen LogP contribution in [0.4, 0.5) is 0 Å². The Morgan fingerprint density at radius 1 is 0.356 bits per heavy atom. The first kappa shape index (κ1) is 57.4. The lowest BCUT2D eigenvalue weighted by Gasteiger charge is -2.18. The lowest BCUT2D eigenvalue weighted by atomic mass is 9.99. The minimum atomic E-state index is -0.762. The Hall–Kier alpha value is -1.59. The van der Waals surface area contributed by atoms with Gasteiger partial charge in [0.1, 0.15) is 13.2 Å². The predicted molar refractivity (Wildman–Crippen MR) is 252 cm³/mol. The zero-order valence-electron chi connectivity index (χ0n) is 40.4. The van der Waals surface area contributed by atoms with E-state index in [4.69, 9.17) is 14.2 Å². The maximum absolute atomic E-state index is 12.7. The van der Waals surface area contributed by atoms with E-state index in [9.17, 15) is 14.4 Å². The molecule has 0 aliphatic heterocycles. The first-order valence-corrected chi connectivity index (χ1v) is 26.3. The van der Waals surface area contributed by atoms with E-state index in [1.807, 2.05) is 0 Å². The van der Waals surface area contributed by atoms with Gasteiger partial charge in [0.25, 0.3) is 0 Å². The molecule has 0 radical (unpaired) electrons. The molecule has 0 bridgehead atoms. The van der Waals surface area contributed by atoms with E-state index in [1.165, 1.54) is 180 Å². The molecular weight excluding hydrogens is 733 g/mol. The van der Waals surface area contributed by atoms with Crippen LogP contribution >= 0.6 is 0 Å². The van der Waals surface area contributed by atoms with Gasteiger partial charge >= 0.3 is 17.9 Å². The summed E-state index contributed by atoms with van der Waals surface area (Å²) >= 11 is 0. The normalized spacial score (nSPS) is 12.5. The minimum Gasteiger partial charge on any atom is -0.462 e. The topological polar surface area (TPSA) is 78.9 Å². The first-order valence-electron chi connectivity index (χ1n) is 26.3. The SMILES string of the molecule is CCCCCCCCCCCCCCCCCCCCCC(=O)OC[C@H](COC(=O)CCCCCCCCCCC(C)CC)OC(=O)CCCCCCCCCC(C)C. The van der Waals surface area contributed by atoms with Crippen LogP contribution in [0.15, 0.2) is 0 Å². The summed E-state index contributed by atoms with van der Waals surface area (Å²) in [7, 11) is 0. The van der Waals surface area contributed by atoms with Crippen molar-refractivity contribution in [1.29, 1.82) is 0 Å². The van der Waals surface area contributed by atoms with E-state index in [0.717, 1.165) is 69.6 Å². The number of hydrogen-bond acceptors (Lipinski definition) is 6. The molecular formula is C53H102O6. The fourth-order valence-corrected chi connectivity index (χ4v) is 7.96. The van der Waals surface area contributed by atoms with Crippen molar-refractivity contribution in [2.24, 2.45) is 11.8 Å². The van der Waals surface area contributed by atoms with Gasteiger partial charge < -0.3 is 14.2 Å². The largest absolute Gasteiger partial charge is 0.462 e. The molecule has 0 spiro atoms. The van der Waals surface area contributed by atoms with Gasteiger partial charge in [0, 0.05) is 19.3 Å². The standard InChI is InChI=1S/C53H102O6/c1-6-8-9-10-11-12-13-14-15-16-17-18-19-20-21-22-28-33-38-43-51(54)57-46-50(59-53(56)45-40-35-30-25-26-31-36-41-48(3)4)47-58-52(55)44-39-34-29-24-23-27-32-37-42-49(5)7-2/h48-50H,6-47H2,1-5H3/t49?,50-/m1/s1. The summed E-state index contributed by atoms with van der Waals surface area (Å²) < 4.78 is 16.8. The number of carbonyl (C=O) groups is 3. The Labute approximate surface area is 368 Å². The van der Waals surface area contributed by atoms with Gasteiger partial charge in [-0.1, -0.05) is 253 Å². The monoisotopic (exact) mass is 835 g/mol. The van der Waals surface area contributed by atoms with Crippen molar-refractivity contribution in [2.75, 3.05) is 13.2 Å². The maximum atomic E-state index is 12.7. The Kier molecular flexibility index (Phi) is 44.7. The molecule has 0 aromatic rings. The van der Waals surface area contributed by atoms with Crippen molar-refractivity contribution < 1.29 is 28.6 Å². The minimum absolute atomic E-state index is 0.0648. The van der Waals surface area contributed by atoms with Crippen LogP contribution in [0.5, 0.6) is 0 Å². The van der Waals surface area contributed by atoms with Gasteiger partial charge in [0.2, 0.25) is 0 Å². The van der Waals surface area contributed by atoms with Crippen molar-refractivity contribution in [3.63, 3.8) is 0 Å². The molecule has 6 nitrogen and oxygen atoms in total. The van der Waals surface area contributed by atoms with Crippen molar-refractivity contribution in [2.45, 2.75) is 298 Å². The second-order valence-corrected chi connectivity index (χ2v) is 18.9. The van der Waals surface area contributed by atoms with E-state index >= 15 is 0 Å². The molecule has 0 saturated carbocycles. The molecule has 0 aromatic heterocycles. The van der Waals surface area contributed by atoms with Crippen LogP contribution in [0, 0.1) is 11.8 Å². The van der Waals surface area contributed by atoms with Gasteiger partial charge in [-0.05, 0) is 31.1 Å². The number of rotatable bonds is 47. The fraction of sp³-hybridized carbons (Fsp3) is 0.943. The Balaban J connectivity index is 4.23. The van der Waals surface area contributed by atoms with Crippen LogP contribution in [0.3, 0.4) is 0 Å². The highest BCUT2D eigenvalue weighted by atomic mass is 16.6. The van der Waals surface area contributed by atoms with Gasteiger partial charge in [-0.25, -0.2) is 0 Å². The molecule has 0 N–H and O–H groups in total. The highest BCUT2D eigenvalue weighted by molar-refractivity contribution is 5.71. The molecule has 350 valence electrons. The molecule has 0 heterocycles. The summed E-state index contributed by atoms with van der Waals surface area (Å²) in [6.07, 6.45) is 46.7. The first-order chi connectivity index (χ1) is 28.8. The second kappa shape index (κ2) is 45.9. The molecule has 0 fully saturated rings. The summed E-state index contributed by atoms with van der Waals surface area (Å²) in [5.74, 6) is 0.772. The zero-order chi connectivity index (χ0) is 43.3. The number of hydrogen-bond donors (Lipinski definition) is 0. The molecule has 1 unspecified atom stereocenters. The third-order valence-electron chi connectivity index (χ3n) is 12.3. The van der Waals surface area contributed by atoms with Gasteiger partial charge in [0.05, 0.1) is 0 Å². The van der Waals surface area contributed by atoms with E-state index in [1.54, 1.807) is 0 Å². The molecule has 0 aliphatic carbocycles. The van der Waals surface area contributed by atoms with Crippen LogP contribution in [0.25, 0.3) is 0 Å². The zero-order valence-corrected chi connectivity index (χ0v) is 40.4. The fourth-order valence-electron chi connectivity index (χ4n) is 7.96. The molecule has 0 rings (SSSR count). The summed E-state index contributed by atoms with van der Waals surface area (Å²) in [5.41, 5.74) is 0. The Morgan fingerprint density at radius 2 is 0.644 bits per heavy atom. The second-order valence-electron chi connectivity index (χ2n) is 18.9. The van der Waals surface area contributed by atoms with Crippen LogP contribution in [0.2, 0.25) is 0 Å². The van der Waals surface area contributed by atoms with E-state index in [-0.39, 0.29) is 31.1 Å². The molecule has 6 heteroatoms. The van der Waals surface area contributed by atoms with Gasteiger partial charge in [0.15, 0.2) is 6.10 Å². The molecule has 0 aromatic carbocycles. The summed E-state index contributed by atoms with van der Waals surface area (Å²) in [6, 6.07) is 0. The number of ether oxygens (including phenoxy) is 3. The molecule has 0 amide bonds. The molecule has 0 aliphatic rings. The number of unbranched alkanes of at least 4 members (excludes halogenated alkanes) is 31. The van der Waals surface area contributed by atoms with Gasteiger partial charge in [-0.15, -0.1) is 0 Å². The van der Waals surface area contributed by atoms with Crippen LogP contribution < -0.4 is 0 Å². The highest BCUT2D eigenvalue weighted by Gasteiger charge is 2.19. The highest BCUT2D eigenvalue weighted by Crippen LogP contribution is 2.18. The Bertz CT molecular complexity index is 902. The number of carbonyl (C=O) groups excluding carboxylic acids is 3. The smallest absolute Gasteiger partial charge is 0.306 e. The molecule has 2 atom stereocenters. The van der Waals surface area contributed by atoms with E-state index in [2.05, 4.69) is 34.6 Å². The lowest BCUT2D eigenvalue weighted by molar-refractivity contribution is -0.167. The lowest BCUT2D eigenvalue weighted by Crippen LogP contribution is -2.30. The van der Waals surface area contributed by atoms with Crippen molar-refractivity contribution in [3.05, 3.63) is 0 Å².